The zero-order chi connectivity index (χ0) is 9.68. The average Bonchev–Trinajstić information content (AvgIpc) is 2.52. The molecule has 1 aromatic heterocycles. The van der Waals surface area contributed by atoms with Gasteiger partial charge in [-0.25, -0.2) is 4.57 Å². The molecule has 0 atom stereocenters. The first-order valence-corrected chi connectivity index (χ1v) is 3.93. The van der Waals surface area contributed by atoms with Gasteiger partial charge < -0.3 is 9.47 Å². The molecule has 0 aromatic carbocycles. The summed E-state index contributed by atoms with van der Waals surface area (Å²) in [4.78, 5) is 11.2. The van der Waals surface area contributed by atoms with Crippen molar-refractivity contribution in [3.05, 3.63) is 18.7 Å². The van der Waals surface area contributed by atoms with E-state index in [9.17, 15) is 4.79 Å². The summed E-state index contributed by atoms with van der Waals surface area (Å²) in [5.41, 5.74) is 0. The molecule has 0 amide bonds. The molecule has 0 aliphatic rings. The van der Waals surface area contributed by atoms with E-state index in [1.165, 1.54) is 4.57 Å². The minimum Gasteiger partial charge on any atom is -0.428 e. The number of aryl methyl sites for hydroxylation is 1. The van der Waals surface area contributed by atoms with Crippen LogP contribution in [0, 0.1) is 0 Å². The number of nitrogens with zero attached hydrogens (tertiary/aromatic N) is 2. The third-order valence-electron chi connectivity index (χ3n) is 1.49. The molecular weight excluding hydrogens is 172 g/mol. The number of carbonyl (C=O) groups excluding carboxylic acids is 1. The topological polar surface area (TPSA) is 44.3 Å². The Bertz CT molecular complexity index is 283. The van der Waals surface area contributed by atoms with Crippen LogP contribution in [0.3, 0.4) is 0 Å². The minimum atomic E-state index is -0.391. The SMILES string of the molecule is COCCOC(=O)n1cc[n+](C)c1. The van der Waals surface area contributed by atoms with Crippen molar-refractivity contribution in [2.45, 2.75) is 0 Å². The fourth-order valence-corrected chi connectivity index (χ4v) is 0.845. The standard InChI is InChI=1S/C8H13N2O3/c1-9-3-4-10(7-9)8(11)13-6-5-12-2/h3-4,7H,5-6H2,1-2H3/q+1. The lowest BCUT2D eigenvalue weighted by Gasteiger charge is -1.98. The summed E-state index contributed by atoms with van der Waals surface area (Å²) in [5.74, 6) is 0. The van der Waals surface area contributed by atoms with Crippen LogP contribution in [-0.2, 0) is 16.5 Å². The van der Waals surface area contributed by atoms with E-state index in [1.807, 2.05) is 7.05 Å². The van der Waals surface area contributed by atoms with Gasteiger partial charge in [0.05, 0.1) is 13.7 Å². The summed E-state index contributed by atoms with van der Waals surface area (Å²) in [6, 6.07) is 0. The molecule has 0 unspecified atom stereocenters. The van der Waals surface area contributed by atoms with E-state index in [0.29, 0.717) is 6.61 Å². The van der Waals surface area contributed by atoms with Gasteiger partial charge in [0.25, 0.3) is 6.33 Å². The first kappa shape index (κ1) is 9.73. The summed E-state index contributed by atoms with van der Waals surface area (Å²) < 4.78 is 12.7. The van der Waals surface area contributed by atoms with Gasteiger partial charge in [0.1, 0.15) is 19.0 Å². The summed E-state index contributed by atoms with van der Waals surface area (Å²) >= 11 is 0. The highest BCUT2D eigenvalue weighted by Gasteiger charge is 2.11. The molecule has 5 heteroatoms. The van der Waals surface area contributed by atoms with Gasteiger partial charge in [0.15, 0.2) is 0 Å². The van der Waals surface area contributed by atoms with Gasteiger partial charge >= 0.3 is 6.09 Å². The first-order valence-electron chi connectivity index (χ1n) is 3.93. The molecule has 1 rings (SSSR count). The molecule has 0 bridgehead atoms. The van der Waals surface area contributed by atoms with Gasteiger partial charge in [-0.05, 0) is 0 Å². The average molecular weight is 185 g/mol. The van der Waals surface area contributed by atoms with E-state index in [4.69, 9.17) is 9.47 Å². The van der Waals surface area contributed by atoms with E-state index in [0.717, 1.165) is 0 Å². The molecule has 0 saturated heterocycles. The van der Waals surface area contributed by atoms with Crippen molar-refractivity contribution < 1.29 is 18.8 Å². The van der Waals surface area contributed by atoms with Crippen molar-refractivity contribution in [1.29, 1.82) is 0 Å². The highest BCUT2D eigenvalue weighted by atomic mass is 16.6. The Kier molecular flexibility index (Phi) is 3.45. The fourth-order valence-electron chi connectivity index (χ4n) is 0.845. The second-order valence-electron chi connectivity index (χ2n) is 2.59. The van der Waals surface area contributed by atoms with Gasteiger partial charge in [-0.1, -0.05) is 0 Å². The summed E-state index contributed by atoms with van der Waals surface area (Å²) in [5, 5.41) is 0. The maximum absolute atomic E-state index is 11.2. The molecule has 0 N–H and O–H groups in total. The van der Waals surface area contributed by atoms with Crippen molar-refractivity contribution in [3.8, 4) is 0 Å². The number of rotatable bonds is 3. The maximum atomic E-state index is 11.2. The lowest BCUT2D eigenvalue weighted by Crippen LogP contribution is -2.25. The number of ether oxygens (including phenoxy) is 2. The lowest BCUT2D eigenvalue weighted by molar-refractivity contribution is -0.670. The molecule has 0 fully saturated rings. The monoisotopic (exact) mass is 185 g/mol. The summed E-state index contributed by atoms with van der Waals surface area (Å²) in [6.07, 6.45) is 4.64. The second kappa shape index (κ2) is 4.61. The summed E-state index contributed by atoms with van der Waals surface area (Å²) in [7, 11) is 3.39. The van der Waals surface area contributed by atoms with E-state index < -0.39 is 6.09 Å². The van der Waals surface area contributed by atoms with Gasteiger partial charge in [-0.2, -0.15) is 4.79 Å². The second-order valence-corrected chi connectivity index (χ2v) is 2.59. The number of methoxy groups -OCH3 is 1. The van der Waals surface area contributed by atoms with E-state index in [1.54, 1.807) is 30.4 Å². The highest BCUT2D eigenvalue weighted by molar-refractivity contribution is 5.69. The van der Waals surface area contributed by atoms with Crippen molar-refractivity contribution >= 4 is 6.09 Å². The molecule has 0 spiro atoms. The Morgan fingerprint density at radius 1 is 1.54 bits per heavy atom. The molecule has 0 aliphatic carbocycles. The Balaban J connectivity index is 2.40. The van der Waals surface area contributed by atoms with Gasteiger partial charge in [-0.15, -0.1) is 4.57 Å². The molecule has 0 aliphatic heterocycles. The van der Waals surface area contributed by atoms with Gasteiger partial charge in [0.2, 0.25) is 0 Å². The normalized spacial score (nSPS) is 10.0. The van der Waals surface area contributed by atoms with Crippen molar-refractivity contribution in [3.63, 3.8) is 0 Å². The van der Waals surface area contributed by atoms with Crippen LogP contribution in [-0.4, -0.2) is 31.0 Å². The molecule has 72 valence electrons. The van der Waals surface area contributed by atoms with Crippen molar-refractivity contribution in [1.82, 2.24) is 4.57 Å². The Labute approximate surface area is 76.5 Å². The molecule has 1 heterocycles. The number of imidazole rings is 1. The van der Waals surface area contributed by atoms with Crippen LogP contribution < -0.4 is 4.57 Å². The first-order chi connectivity index (χ1) is 6.24. The number of carbonyl (C=O) groups is 1. The van der Waals surface area contributed by atoms with Crippen LogP contribution in [0.5, 0.6) is 0 Å². The van der Waals surface area contributed by atoms with Crippen molar-refractivity contribution in [2.75, 3.05) is 20.3 Å². The Morgan fingerprint density at radius 2 is 2.31 bits per heavy atom. The van der Waals surface area contributed by atoms with Crippen LogP contribution >= 0.6 is 0 Å². The molecular formula is C8H13N2O3+. The van der Waals surface area contributed by atoms with Crippen LogP contribution in [0.25, 0.3) is 0 Å². The lowest BCUT2D eigenvalue weighted by atomic mass is 10.8. The number of hydrogen-bond acceptors (Lipinski definition) is 3. The molecule has 5 nitrogen and oxygen atoms in total. The zero-order valence-corrected chi connectivity index (χ0v) is 7.77. The maximum Gasteiger partial charge on any atom is 0.511 e. The van der Waals surface area contributed by atoms with Crippen LogP contribution in [0.1, 0.15) is 0 Å². The number of aromatic nitrogens is 2. The Morgan fingerprint density at radius 3 is 2.85 bits per heavy atom. The molecule has 0 saturated carbocycles. The Hall–Kier alpha value is -1.36. The van der Waals surface area contributed by atoms with E-state index >= 15 is 0 Å². The van der Waals surface area contributed by atoms with Crippen LogP contribution in [0.2, 0.25) is 0 Å². The predicted octanol–water partition coefficient (Wildman–Crippen LogP) is -0.0563. The van der Waals surface area contributed by atoms with E-state index in [2.05, 4.69) is 0 Å². The largest absolute Gasteiger partial charge is 0.511 e. The molecule has 13 heavy (non-hydrogen) atoms. The van der Waals surface area contributed by atoms with Gasteiger partial charge in [-0.3, -0.25) is 0 Å². The number of hydrogen-bond donors (Lipinski definition) is 0. The molecule has 0 radical (unpaired) electrons. The minimum absolute atomic E-state index is 0.275. The zero-order valence-electron chi connectivity index (χ0n) is 7.77. The van der Waals surface area contributed by atoms with Crippen LogP contribution in [0.4, 0.5) is 4.79 Å². The van der Waals surface area contributed by atoms with Crippen molar-refractivity contribution in [2.24, 2.45) is 7.05 Å². The highest BCUT2D eigenvalue weighted by Crippen LogP contribution is 1.88. The quantitative estimate of drug-likeness (QED) is 0.489. The molecule has 1 aromatic rings. The van der Waals surface area contributed by atoms with Crippen LogP contribution in [0.15, 0.2) is 18.7 Å². The third-order valence-corrected chi connectivity index (χ3v) is 1.49. The predicted molar refractivity (Wildman–Crippen MR) is 44.2 cm³/mol. The smallest absolute Gasteiger partial charge is 0.428 e. The fraction of sp³-hybridized carbons (Fsp3) is 0.500. The summed E-state index contributed by atoms with van der Waals surface area (Å²) in [6.45, 7) is 0.691. The van der Waals surface area contributed by atoms with E-state index in [-0.39, 0.29) is 6.61 Å². The van der Waals surface area contributed by atoms with Gasteiger partial charge in [0, 0.05) is 7.11 Å². The third kappa shape index (κ3) is 2.87.